The smallest absolute Gasteiger partial charge is 0.251 e. The minimum absolute atomic E-state index is 0.00160. The molecule has 1 N–H and O–H groups in total. The molecular weight excluding hydrogens is 217 g/mol. The summed E-state index contributed by atoms with van der Waals surface area (Å²) >= 11 is 5.54. The highest BCUT2D eigenvalue weighted by Crippen LogP contribution is 2.04. The maximum absolute atomic E-state index is 12.8. The molecule has 1 aromatic rings. The summed E-state index contributed by atoms with van der Waals surface area (Å²) in [5.41, 5.74) is 0.330. The van der Waals surface area contributed by atoms with Gasteiger partial charge in [0.05, 0.1) is 0 Å². The number of nitrogens with one attached hydrogen (secondary N) is 1. The molecular formula is C11H13ClFNO. The highest BCUT2D eigenvalue weighted by molar-refractivity contribution is 6.17. The second-order valence-corrected chi connectivity index (χ2v) is 3.74. The van der Waals surface area contributed by atoms with Crippen LogP contribution in [0.1, 0.15) is 23.7 Å². The van der Waals surface area contributed by atoms with E-state index < -0.39 is 5.82 Å². The molecule has 1 amide bonds. The van der Waals surface area contributed by atoms with Gasteiger partial charge in [0, 0.05) is 17.5 Å². The Morgan fingerprint density at radius 2 is 2.33 bits per heavy atom. The van der Waals surface area contributed by atoms with E-state index >= 15 is 0 Å². The Morgan fingerprint density at radius 1 is 1.60 bits per heavy atom. The van der Waals surface area contributed by atoms with Crippen LogP contribution in [0.4, 0.5) is 4.39 Å². The molecule has 1 atom stereocenters. The summed E-state index contributed by atoms with van der Waals surface area (Å²) in [5.74, 6) is -0.190. The molecule has 15 heavy (non-hydrogen) atoms. The van der Waals surface area contributed by atoms with Gasteiger partial charge in [0.15, 0.2) is 0 Å². The summed E-state index contributed by atoms with van der Waals surface area (Å²) in [4.78, 5) is 11.6. The van der Waals surface area contributed by atoms with Crippen molar-refractivity contribution in [1.82, 2.24) is 5.32 Å². The van der Waals surface area contributed by atoms with Crippen molar-refractivity contribution < 1.29 is 9.18 Å². The average molecular weight is 230 g/mol. The Bertz CT molecular complexity index is 343. The van der Waals surface area contributed by atoms with Gasteiger partial charge in [0.1, 0.15) is 5.82 Å². The van der Waals surface area contributed by atoms with Crippen LogP contribution in [0, 0.1) is 5.82 Å². The van der Waals surface area contributed by atoms with Crippen molar-refractivity contribution in [3.05, 3.63) is 35.6 Å². The van der Waals surface area contributed by atoms with Crippen molar-refractivity contribution in [2.75, 3.05) is 5.88 Å². The fraction of sp³-hybridized carbons (Fsp3) is 0.364. The molecule has 1 unspecified atom stereocenters. The normalized spacial score (nSPS) is 12.2. The van der Waals surface area contributed by atoms with Gasteiger partial charge in [0.2, 0.25) is 0 Å². The molecule has 1 rings (SSSR count). The molecule has 0 bridgehead atoms. The highest BCUT2D eigenvalue weighted by atomic mass is 35.5. The second-order valence-electron chi connectivity index (χ2n) is 3.36. The first-order chi connectivity index (χ1) is 7.13. The predicted molar refractivity (Wildman–Crippen MR) is 58.7 cm³/mol. The summed E-state index contributed by atoms with van der Waals surface area (Å²) in [6, 6.07) is 5.60. The predicted octanol–water partition coefficient (Wildman–Crippen LogP) is 2.57. The van der Waals surface area contributed by atoms with Crippen LogP contribution in [-0.2, 0) is 0 Å². The zero-order chi connectivity index (χ0) is 11.3. The maximum Gasteiger partial charge on any atom is 0.251 e. The molecule has 0 heterocycles. The molecule has 0 saturated heterocycles. The van der Waals surface area contributed by atoms with Crippen molar-refractivity contribution in [3.63, 3.8) is 0 Å². The molecule has 4 heteroatoms. The van der Waals surface area contributed by atoms with E-state index in [1.165, 1.54) is 18.2 Å². The molecule has 0 fully saturated rings. The minimum Gasteiger partial charge on any atom is -0.350 e. The molecule has 0 radical (unpaired) electrons. The van der Waals surface area contributed by atoms with E-state index in [-0.39, 0.29) is 11.9 Å². The van der Waals surface area contributed by atoms with Crippen molar-refractivity contribution in [3.8, 4) is 0 Å². The zero-order valence-electron chi connectivity index (χ0n) is 8.47. The van der Waals surface area contributed by atoms with Gasteiger partial charge in [-0.3, -0.25) is 4.79 Å². The summed E-state index contributed by atoms with van der Waals surface area (Å²) < 4.78 is 12.8. The first kappa shape index (κ1) is 12.0. The van der Waals surface area contributed by atoms with Gasteiger partial charge in [-0.2, -0.15) is 0 Å². The summed E-state index contributed by atoms with van der Waals surface area (Å²) in [6.45, 7) is 1.86. The van der Waals surface area contributed by atoms with Crippen LogP contribution in [0.3, 0.4) is 0 Å². The number of benzene rings is 1. The van der Waals surface area contributed by atoms with E-state index in [0.29, 0.717) is 17.9 Å². The summed E-state index contributed by atoms with van der Waals surface area (Å²) in [5, 5.41) is 2.73. The number of halogens is 2. The Morgan fingerprint density at radius 3 is 2.93 bits per heavy atom. The van der Waals surface area contributed by atoms with Crippen molar-refractivity contribution in [2.24, 2.45) is 0 Å². The van der Waals surface area contributed by atoms with Gasteiger partial charge in [-0.05, 0) is 31.5 Å². The SMILES string of the molecule is CC(CCCl)NC(=O)c1cccc(F)c1. The number of hydrogen-bond acceptors (Lipinski definition) is 1. The summed E-state index contributed by atoms with van der Waals surface area (Å²) in [7, 11) is 0. The van der Waals surface area contributed by atoms with Crippen LogP contribution < -0.4 is 5.32 Å². The lowest BCUT2D eigenvalue weighted by Gasteiger charge is -2.12. The molecule has 0 aromatic heterocycles. The van der Waals surface area contributed by atoms with Crippen LogP contribution in [-0.4, -0.2) is 17.8 Å². The van der Waals surface area contributed by atoms with Crippen LogP contribution in [0.15, 0.2) is 24.3 Å². The molecule has 0 spiro atoms. The Labute approximate surface area is 93.4 Å². The number of alkyl halides is 1. The third-order valence-electron chi connectivity index (χ3n) is 2.01. The van der Waals surface area contributed by atoms with Gasteiger partial charge < -0.3 is 5.32 Å². The van der Waals surface area contributed by atoms with Crippen molar-refractivity contribution >= 4 is 17.5 Å². The third-order valence-corrected chi connectivity index (χ3v) is 2.22. The second kappa shape index (κ2) is 5.71. The van der Waals surface area contributed by atoms with Gasteiger partial charge in [-0.1, -0.05) is 6.07 Å². The molecule has 0 aliphatic heterocycles. The molecule has 0 aliphatic rings. The first-order valence-electron chi connectivity index (χ1n) is 4.76. The van der Waals surface area contributed by atoms with E-state index in [9.17, 15) is 9.18 Å². The van der Waals surface area contributed by atoms with Gasteiger partial charge in [-0.25, -0.2) is 4.39 Å². The zero-order valence-corrected chi connectivity index (χ0v) is 9.22. The number of carbonyl (C=O) groups excluding carboxylic acids is 1. The van der Waals surface area contributed by atoms with E-state index in [0.717, 1.165) is 0 Å². The van der Waals surface area contributed by atoms with E-state index in [2.05, 4.69) is 5.32 Å². The van der Waals surface area contributed by atoms with Gasteiger partial charge in [-0.15, -0.1) is 11.6 Å². The van der Waals surface area contributed by atoms with Gasteiger partial charge in [0.25, 0.3) is 5.91 Å². The molecule has 82 valence electrons. The van der Waals surface area contributed by atoms with E-state index in [1.54, 1.807) is 6.07 Å². The highest BCUT2D eigenvalue weighted by Gasteiger charge is 2.09. The average Bonchev–Trinajstić information content (AvgIpc) is 2.18. The van der Waals surface area contributed by atoms with Crippen LogP contribution in [0.25, 0.3) is 0 Å². The Hall–Kier alpha value is -1.09. The molecule has 0 saturated carbocycles. The van der Waals surface area contributed by atoms with Gasteiger partial charge >= 0.3 is 0 Å². The Balaban J connectivity index is 2.61. The Kier molecular flexibility index (Phi) is 4.56. The number of carbonyl (C=O) groups is 1. The lowest BCUT2D eigenvalue weighted by Crippen LogP contribution is -2.32. The van der Waals surface area contributed by atoms with E-state index in [4.69, 9.17) is 11.6 Å². The van der Waals surface area contributed by atoms with E-state index in [1.807, 2.05) is 6.92 Å². The summed E-state index contributed by atoms with van der Waals surface area (Å²) in [6.07, 6.45) is 0.697. The molecule has 1 aromatic carbocycles. The monoisotopic (exact) mass is 229 g/mol. The largest absolute Gasteiger partial charge is 0.350 e. The number of rotatable bonds is 4. The topological polar surface area (TPSA) is 29.1 Å². The third kappa shape index (κ3) is 3.88. The van der Waals surface area contributed by atoms with Crippen LogP contribution in [0.2, 0.25) is 0 Å². The number of hydrogen-bond donors (Lipinski definition) is 1. The van der Waals surface area contributed by atoms with Crippen LogP contribution in [0.5, 0.6) is 0 Å². The van der Waals surface area contributed by atoms with Crippen molar-refractivity contribution in [2.45, 2.75) is 19.4 Å². The van der Waals surface area contributed by atoms with Crippen LogP contribution >= 0.6 is 11.6 Å². The fourth-order valence-electron chi connectivity index (χ4n) is 1.17. The number of amides is 1. The minimum atomic E-state index is -0.410. The quantitative estimate of drug-likeness (QED) is 0.790. The fourth-order valence-corrected chi connectivity index (χ4v) is 1.50. The maximum atomic E-state index is 12.8. The lowest BCUT2D eigenvalue weighted by atomic mass is 10.2. The standard InChI is InChI=1S/C11H13ClFNO/c1-8(5-6-12)14-11(15)9-3-2-4-10(13)7-9/h2-4,7-8H,5-6H2,1H3,(H,14,15). The molecule has 0 aliphatic carbocycles. The molecule has 2 nitrogen and oxygen atoms in total. The lowest BCUT2D eigenvalue weighted by molar-refractivity contribution is 0.0939. The van der Waals surface area contributed by atoms with Crippen molar-refractivity contribution in [1.29, 1.82) is 0 Å². The first-order valence-corrected chi connectivity index (χ1v) is 5.29.